The van der Waals surface area contributed by atoms with Gasteiger partial charge >= 0.3 is 0 Å². The summed E-state index contributed by atoms with van der Waals surface area (Å²) < 4.78 is 11.3. The third kappa shape index (κ3) is 4.46. The zero-order valence-electron chi connectivity index (χ0n) is 12.0. The number of carbonyl (C=O) groups is 1. The Bertz CT molecular complexity index is 507. The molecule has 0 radical (unpaired) electrons. The third-order valence-corrected chi connectivity index (χ3v) is 2.55. The van der Waals surface area contributed by atoms with Crippen molar-refractivity contribution < 1.29 is 14.3 Å². The van der Waals surface area contributed by atoms with Crippen molar-refractivity contribution in [1.82, 2.24) is 0 Å². The number of primary amides is 1. The first-order valence-electron chi connectivity index (χ1n) is 6.63. The van der Waals surface area contributed by atoms with E-state index in [1.165, 1.54) is 6.08 Å². The molecule has 0 bridgehead atoms. The van der Waals surface area contributed by atoms with E-state index < -0.39 is 5.91 Å². The first-order chi connectivity index (χ1) is 9.62. The molecular weight excluding hydrogens is 254 g/mol. The van der Waals surface area contributed by atoms with Gasteiger partial charge in [-0.05, 0) is 44.0 Å². The Labute approximate surface area is 119 Å². The molecule has 108 valence electrons. The van der Waals surface area contributed by atoms with Crippen LogP contribution in [0, 0.1) is 0 Å². The Kier molecular flexibility index (Phi) is 6.37. The number of allylic oxidation sites excluding steroid dienone is 1. The van der Waals surface area contributed by atoms with Crippen LogP contribution >= 0.6 is 0 Å². The predicted molar refractivity (Wildman–Crippen MR) is 80.9 cm³/mol. The van der Waals surface area contributed by atoms with Crippen molar-refractivity contribution in [3.63, 3.8) is 0 Å². The second-order valence-electron chi connectivity index (χ2n) is 4.10. The average molecular weight is 275 g/mol. The predicted octanol–water partition coefficient (Wildman–Crippen LogP) is 2.71. The molecule has 0 heterocycles. The fraction of sp³-hybridized carbons (Fsp3) is 0.312. The van der Waals surface area contributed by atoms with E-state index in [2.05, 4.69) is 6.58 Å². The molecule has 0 aliphatic carbocycles. The monoisotopic (exact) mass is 275 g/mol. The fourth-order valence-corrected chi connectivity index (χ4v) is 1.84. The molecule has 20 heavy (non-hydrogen) atoms. The molecule has 0 saturated carbocycles. The topological polar surface area (TPSA) is 61.6 Å². The molecule has 0 fully saturated rings. The summed E-state index contributed by atoms with van der Waals surface area (Å²) in [5, 5.41) is 0. The highest BCUT2D eigenvalue weighted by Crippen LogP contribution is 2.34. The van der Waals surface area contributed by atoms with Crippen molar-refractivity contribution >= 4 is 12.0 Å². The number of hydrogen-bond donors (Lipinski definition) is 1. The minimum absolute atomic E-state index is 0.484. The number of benzene rings is 1. The van der Waals surface area contributed by atoms with Crippen molar-refractivity contribution in [1.29, 1.82) is 0 Å². The summed E-state index contributed by atoms with van der Waals surface area (Å²) in [6, 6.07) is 3.77. The van der Waals surface area contributed by atoms with Gasteiger partial charge in [0.25, 0.3) is 0 Å². The molecule has 1 amide bonds. The highest BCUT2D eigenvalue weighted by Gasteiger charge is 2.12. The van der Waals surface area contributed by atoms with Gasteiger partial charge in [0, 0.05) is 11.6 Å². The second-order valence-corrected chi connectivity index (χ2v) is 4.10. The highest BCUT2D eigenvalue weighted by molar-refractivity contribution is 5.90. The molecule has 0 unspecified atom stereocenters. The van der Waals surface area contributed by atoms with E-state index in [4.69, 9.17) is 15.2 Å². The van der Waals surface area contributed by atoms with E-state index in [0.29, 0.717) is 25.4 Å². The van der Waals surface area contributed by atoms with Crippen LogP contribution in [0.4, 0.5) is 0 Å². The zero-order valence-corrected chi connectivity index (χ0v) is 12.0. The summed E-state index contributed by atoms with van der Waals surface area (Å²) >= 11 is 0. The Balaban J connectivity index is 3.28. The summed E-state index contributed by atoms with van der Waals surface area (Å²) in [5.41, 5.74) is 6.92. The van der Waals surface area contributed by atoms with Gasteiger partial charge < -0.3 is 15.2 Å². The minimum atomic E-state index is -0.484. The molecule has 2 N–H and O–H groups in total. The second kappa shape index (κ2) is 8.04. The van der Waals surface area contributed by atoms with Crippen LogP contribution < -0.4 is 15.2 Å². The molecule has 1 rings (SSSR count). The van der Waals surface area contributed by atoms with Crippen molar-refractivity contribution in [3.05, 3.63) is 42.0 Å². The molecule has 0 aliphatic heterocycles. The molecule has 0 atom stereocenters. The molecule has 4 heteroatoms. The smallest absolute Gasteiger partial charge is 0.241 e. The molecule has 1 aromatic rings. The number of ether oxygens (including phenoxy) is 2. The minimum Gasteiger partial charge on any atom is -0.490 e. The van der Waals surface area contributed by atoms with E-state index in [-0.39, 0.29) is 0 Å². The van der Waals surface area contributed by atoms with Gasteiger partial charge in [0.1, 0.15) is 0 Å². The Morgan fingerprint density at radius 3 is 2.55 bits per heavy atom. The number of nitrogens with two attached hydrogens (primary N) is 1. The van der Waals surface area contributed by atoms with E-state index in [1.54, 1.807) is 12.2 Å². The van der Waals surface area contributed by atoms with Crippen LogP contribution in [-0.4, -0.2) is 19.1 Å². The summed E-state index contributed by atoms with van der Waals surface area (Å²) in [4.78, 5) is 10.8. The van der Waals surface area contributed by atoms with Crippen LogP contribution in [0.1, 0.15) is 25.0 Å². The average Bonchev–Trinajstić information content (AvgIpc) is 2.40. The van der Waals surface area contributed by atoms with Crippen LogP contribution in [0.25, 0.3) is 6.08 Å². The van der Waals surface area contributed by atoms with Crippen molar-refractivity contribution in [2.75, 3.05) is 13.2 Å². The van der Waals surface area contributed by atoms with Gasteiger partial charge in [-0.3, -0.25) is 4.79 Å². The standard InChI is InChI=1S/C16H21NO3/c1-4-7-13-10-12(8-9-15(17)18)11-14(19-5-2)16(13)20-6-3/h4,8-11H,1,5-7H2,2-3H3,(H2,17,18)/b9-8-. The van der Waals surface area contributed by atoms with Crippen LogP contribution in [0.2, 0.25) is 0 Å². The lowest BCUT2D eigenvalue weighted by molar-refractivity contribution is -0.113. The molecule has 0 saturated heterocycles. The Morgan fingerprint density at radius 2 is 2.00 bits per heavy atom. The molecule has 0 spiro atoms. The highest BCUT2D eigenvalue weighted by atomic mass is 16.5. The lowest BCUT2D eigenvalue weighted by atomic mass is 10.0. The molecule has 0 aliphatic rings. The first-order valence-corrected chi connectivity index (χ1v) is 6.63. The van der Waals surface area contributed by atoms with Gasteiger partial charge in [0.05, 0.1) is 13.2 Å². The van der Waals surface area contributed by atoms with E-state index in [0.717, 1.165) is 16.9 Å². The number of rotatable bonds is 8. The quantitative estimate of drug-likeness (QED) is 0.586. The number of hydrogen-bond acceptors (Lipinski definition) is 3. The van der Waals surface area contributed by atoms with Crippen molar-refractivity contribution in [2.24, 2.45) is 5.73 Å². The summed E-state index contributed by atoms with van der Waals surface area (Å²) in [6.07, 6.45) is 5.44. The fourth-order valence-electron chi connectivity index (χ4n) is 1.84. The van der Waals surface area contributed by atoms with Gasteiger partial charge in [-0.2, -0.15) is 0 Å². The molecule has 0 aromatic heterocycles. The van der Waals surface area contributed by atoms with Gasteiger partial charge in [-0.15, -0.1) is 6.58 Å². The van der Waals surface area contributed by atoms with Crippen LogP contribution in [-0.2, 0) is 11.2 Å². The SMILES string of the molecule is C=CCc1cc(/C=C\C(N)=O)cc(OCC)c1OCC. The maximum atomic E-state index is 10.8. The van der Waals surface area contributed by atoms with Gasteiger partial charge in [0.2, 0.25) is 5.91 Å². The van der Waals surface area contributed by atoms with E-state index in [1.807, 2.05) is 26.0 Å². The maximum Gasteiger partial charge on any atom is 0.241 e. The third-order valence-electron chi connectivity index (χ3n) is 2.55. The normalized spacial score (nSPS) is 10.5. The van der Waals surface area contributed by atoms with Gasteiger partial charge in [-0.25, -0.2) is 0 Å². The van der Waals surface area contributed by atoms with Crippen LogP contribution in [0.3, 0.4) is 0 Å². The van der Waals surface area contributed by atoms with Crippen molar-refractivity contribution in [3.8, 4) is 11.5 Å². The summed E-state index contributed by atoms with van der Waals surface area (Å²) in [7, 11) is 0. The Morgan fingerprint density at radius 1 is 1.30 bits per heavy atom. The van der Waals surface area contributed by atoms with Gasteiger partial charge in [0.15, 0.2) is 11.5 Å². The number of carbonyl (C=O) groups excluding carboxylic acids is 1. The van der Waals surface area contributed by atoms with Crippen molar-refractivity contribution in [2.45, 2.75) is 20.3 Å². The lowest BCUT2D eigenvalue weighted by Crippen LogP contribution is -2.05. The Hall–Kier alpha value is -2.23. The van der Waals surface area contributed by atoms with Crippen LogP contribution in [0.5, 0.6) is 11.5 Å². The van der Waals surface area contributed by atoms with Crippen LogP contribution in [0.15, 0.2) is 30.9 Å². The summed E-state index contributed by atoms with van der Waals surface area (Å²) in [5.74, 6) is 0.908. The molecule has 4 nitrogen and oxygen atoms in total. The van der Waals surface area contributed by atoms with Gasteiger partial charge in [-0.1, -0.05) is 6.08 Å². The first kappa shape index (κ1) is 15.8. The molecular formula is C16H21NO3. The maximum absolute atomic E-state index is 10.8. The molecule has 1 aromatic carbocycles. The largest absolute Gasteiger partial charge is 0.490 e. The lowest BCUT2D eigenvalue weighted by Gasteiger charge is -2.15. The summed E-state index contributed by atoms with van der Waals surface area (Å²) in [6.45, 7) is 8.68. The zero-order chi connectivity index (χ0) is 15.0. The number of amides is 1. The van der Waals surface area contributed by atoms with E-state index in [9.17, 15) is 4.79 Å². The van der Waals surface area contributed by atoms with E-state index >= 15 is 0 Å².